The van der Waals surface area contributed by atoms with Gasteiger partial charge >= 0.3 is 0 Å². The molecule has 0 heterocycles. The number of rotatable bonds is 4. The molecule has 2 aromatic carbocycles. The van der Waals surface area contributed by atoms with Gasteiger partial charge in [0, 0.05) is 25.8 Å². The van der Waals surface area contributed by atoms with Gasteiger partial charge in [-0.3, -0.25) is 0 Å². The Balaban J connectivity index is 2.16. The minimum absolute atomic E-state index is 0.0865. The number of aromatic hydroxyl groups is 1. The number of nitrogens with zero attached hydrogens (tertiary/aromatic N) is 1. The van der Waals surface area contributed by atoms with E-state index in [1.165, 1.54) is 0 Å². The molecule has 0 aliphatic rings. The van der Waals surface area contributed by atoms with Crippen LogP contribution in [0.3, 0.4) is 0 Å². The molecule has 0 saturated heterocycles. The number of nitrogens with one attached hydrogen (secondary N) is 1. The maximum Gasteiger partial charge on any atom is 0.115 e. The van der Waals surface area contributed by atoms with Crippen LogP contribution in [0.1, 0.15) is 18.5 Å². The predicted molar refractivity (Wildman–Crippen MR) is 85.9 cm³/mol. The Bertz CT molecular complexity index is 599. The van der Waals surface area contributed by atoms with Crippen molar-refractivity contribution >= 4 is 23.0 Å². The van der Waals surface area contributed by atoms with E-state index in [4.69, 9.17) is 11.6 Å². The normalized spacial score (nSPS) is 12.0. The van der Waals surface area contributed by atoms with E-state index in [0.717, 1.165) is 16.9 Å². The van der Waals surface area contributed by atoms with Crippen LogP contribution in [0, 0.1) is 0 Å². The lowest BCUT2D eigenvalue weighted by molar-refractivity contribution is 0.474. The fourth-order valence-corrected chi connectivity index (χ4v) is 2.44. The molecule has 106 valence electrons. The third-order valence-electron chi connectivity index (χ3n) is 3.18. The van der Waals surface area contributed by atoms with E-state index in [1.54, 1.807) is 12.1 Å². The van der Waals surface area contributed by atoms with Crippen LogP contribution >= 0.6 is 11.6 Å². The predicted octanol–water partition coefficient (Wildman–Crippen LogP) is 4.28. The van der Waals surface area contributed by atoms with E-state index in [0.29, 0.717) is 5.02 Å². The van der Waals surface area contributed by atoms with Crippen LogP contribution in [0.25, 0.3) is 0 Å². The summed E-state index contributed by atoms with van der Waals surface area (Å²) >= 11 is 6.26. The molecule has 1 atom stereocenters. The summed E-state index contributed by atoms with van der Waals surface area (Å²) in [6.07, 6.45) is 0. The first-order chi connectivity index (χ1) is 9.47. The van der Waals surface area contributed by atoms with Crippen molar-refractivity contribution in [1.82, 2.24) is 0 Å². The molecule has 4 heteroatoms. The van der Waals surface area contributed by atoms with Crippen LogP contribution in [0.15, 0.2) is 42.5 Å². The molecule has 0 saturated carbocycles. The van der Waals surface area contributed by atoms with Gasteiger partial charge in [-0.2, -0.15) is 0 Å². The fourth-order valence-electron chi connectivity index (χ4n) is 2.09. The first-order valence-electron chi connectivity index (χ1n) is 6.49. The van der Waals surface area contributed by atoms with Gasteiger partial charge in [-0.1, -0.05) is 23.7 Å². The number of anilines is 2. The largest absolute Gasteiger partial charge is 0.508 e. The molecule has 3 nitrogen and oxygen atoms in total. The van der Waals surface area contributed by atoms with E-state index in [1.807, 2.05) is 56.3 Å². The summed E-state index contributed by atoms with van der Waals surface area (Å²) in [7, 11) is 3.92. The molecule has 1 unspecified atom stereocenters. The number of phenols is 1. The number of halogens is 1. The van der Waals surface area contributed by atoms with Crippen LogP contribution in [0.5, 0.6) is 5.75 Å². The zero-order valence-corrected chi connectivity index (χ0v) is 12.6. The summed E-state index contributed by atoms with van der Waals surface area (Å²) in [5.41, 5.74) is 2.97. The second-order valence-electron chi connectivity index (χ2n) is 5.02. The Labute approximate surface area is 124 Å². The molecule has 0 aliphatic heterocycles. The second kappa shape index (κ2) is 6.06. The van der Waals surface area contributed by atoms with E-state index >= 15 is 0 Å². The highest BCUT2D eigenvalue weighted by atomic mass is 35.5. The van der Waals surface area contributed by atoms with Gasteiger partial charge in [-0.05, 0) is 42.8 Å². The zero-order chi connectivity index (χ0) is 14.7. The molecule has 20 heavy (non-hydrogen) atoms. The average molecular weight is 291 g/mol. The molecule has 0 radical (unpaired) electrons. The SMILES string of the molecule is CC(Nc1ccc(N(C)C)c(Cl)c1)c1cccc(O)c1. The lowest BCUT2D eigenvalue weighted by Gasteiger charge is -2.19. The van der Waals surface area contributed by atoms with Gasteiger partial charge in [0.05, 0.1) is 10.7 Å². The molecule has 2 aromatic rings. The zero-order valence-electron chi connectivity index (χ0n) is 11.9. The summed E-state index contributed by atoms with van der Waals surface area (Å²) in [5.74, 6) is 0.275. The van der Waals surface area contributed by atoms with Crippen LogP contribution in [0.4, 0.5) is 11.4 Å². The molecule has 0 fully saturated rings. The smallest absolute Gasteiger partial charge is 0.115 e. The highest BCUT2D eigenvalue weighted by Crippen LogP contribution is 2.29. The van der Waals surface area contributed by atoms with Crippen molar-refractivity contribution < 1.29 is 5.11 Å². The maximum atomic E-state index is 9.52. The Kier molecular flexibility index (Phi) is 4.40. The number of hydrogen-bond donors (Lipinski definition) is 2. The summed E-state index contributed by atoms with van der Waals surface area (Å²) in [6.45, 7) is 2.04. The van der Waals surface area contributed by atoms with Gasteiger partial charge in [0.25, 0.3) is 0 Å². The first kappa shape index (κ1) is 14.5. The van der Waals surface area contributed by atoms with Crippen molar-refractivity contribution in [3.05, 3.63) is 53.1 Å². The highest BCUT2D eigenvalue weighted by Gasteiger charge is 2.08. The summed E-state index contributed by atoms with van der Waals surface area (Å²) in [6, 6.07) is 13.2. The van der Waals surface area contributed by atoms with E-state index in [9.17, 15) is 5.11 Å². The number of benzene rings is 2. The van der Waals surface area contributed by atoms with Gasteiger partial charge in [-0.15, -0.1) is 0 Å². The topological polar surface area (TPSA) is 35.5 Å². The Morgan fingerprint density at radius 2 is 1.90 bits per heavy atom. The third kappa shape index (κ3) is 3.36. The minimum atomic E-state index is 0.0865. The lowest BCUT2D eigenvalue weighted by Crippen LogP contribution is -2.10. The van der Waals surface area contributed by atoms with Crippen molar-refractivity contribution in [1.29, 1.82) is 0 Å². The number of hydrogen-bond acceptors (Lipinski definition) is 3. The van der Waals surface area contributed by atoms with Gasteiger partial charge in [0.2, 0.25) is 0 Å². The van der Waals surface area contributed by atoms with E-state index < -0.39 is 0 Å². The van der Waals surface area contributed by atoms with Crippen LogP contribution < -0.4 is 10.2 Å². The fraction of sp³-hybridized carbons (Fsp3) is 0.250. The van der Waals surface area contributed by atoms with Gasteiger partial charge in [0.15, 0.2) is 0 Å². The molecule has 0 spiro atoms. The molecule has 0 bridgehead atoms. The molecular formula is C16H19ClN2O. The summed E-state index contributed by atoms with van der Waals surface area (Å²) in [4.78, 5) is 1.98. The van der Waals surface area contributed by atoms with Crippen molar-refractivity contribution in [2.75, 3.05) is 24.3 Å². The molecule has 0 aromatic heterocycles. The van der Waals surface area contributed by atoms with E-state index in [2.05, 4.69) is 5.32 Å². The highest BCUT2D eigenvalue weighted by molar-refractivity contribution is 6.33. The van der Waals surface area contributed by atoms with Gasteiger partial charge in [-0.25, -0.2) is 0 Å². The lowest BCUT2D eigenvalue weighted by atomic mass is 10.1. The van der Waals surface area contributed by atoms with Crippen LogP contribution in [0.2, 0.25) is 5.02 Å². The maximum absolute atomic E-state index is 9.52. The molecule has 0 amide bonds. The van der Waals surface area contributed by atoms with Gasteiger partial charge < -0.3 is 15.3 Å². The van der Waals surface area contributed by atoms with Crippen molar-refractivity contribution in [2.24, 2.45) is 0 Å². The number of phenolic OH excluding ortho intramolecular Hbond substituents is 1. The third-order valence-corrected chi connectivity index (χ3v) is 3.49. The van der Waals surface area contributed by atoms with Gasteiger partial charge in [0.1, 0.15) is 5.75 Å². The monoisotopic (exact) mass is 290 g/mol. The molecule has 2 rings (SSSR count). The van der Waals surface area contributed by atoms with Crippen molar-refractivity contribution in [2.45, 2.75) is 13.0 Å². The first-order valence-corrected chi connectivity index (χ1v) is 6.87. The summed E-state index contributed by atoms with van der Waals surface area (Å²) in [5, 5.41) is 13.6. The Hall–Kier alpha value is -1.87. The quantitative estimate of drug-likeness (QED) is 0.882. The molecular weight excluding hydrogens is 272 g/mol. The molecule has 0 aliphatic carbocycles. The van der Waals surface area contributed by atoms with E-state index in [-0.39, 0.29) is 11.8 Å². The standard InChI is InChI=1S/C16H19ClN2O/c1-11(12-5-4-6-14(20)9-12)18-13-7-8-16(19(2)3)15(17)10-13/h4-11,18,20H,1-3H3. The summed E-state index contributed by atoms with van der Waals surface area (Å²) < 4.78 is 0. The van der Waals surface area contributed by atoms with Crippen LogP contribution in [-0.4, -0.2) is 19.2 Å². The Morgan fingerprint density at radius 1 is 1.15 bits per heavy atom. The molecule has 2 N–H and O–H groups in total. The minimum Gasteiger partial charge on any atom is -0.508 e. The van der Waals surface area contributed by atoms with Crippen molar-refractivity contribution in [3.8, 4) is 5.75 Å². The van der Waals surface area contributed by atoms with Crippen LogP contribution in [-0.2, 0) is 0 Å². The second-order valence-corrected chi connectivity index (χ2v) is 5.43. The average Bonchev–Trinajstić information content (AvgIpc) is 2.38. The van der Waals surface area contributed by atoms with Crippen molar-refractivity contribution in [3.63, 3.8) is 0 Å². The Morgan fingerprint density at radius 3 is 2.50 bits per heavy atom.